The number of benzene rings is 5. The summed E-state index contributed by atoms with van der Waals surface area (Å²) in [5, 5.41) is 13.2. The summed E-state index contributed by atoms with van der Waals surface area (Å²) >= 11 is 5.23. The first-order valence-corrected chi connectivity index (χ1v) is 14.1. The molecule has 0 aliphatic carbocycles. The van der Waals surface area contributed by atoms with E-state index in [0.29, 0.717) is 39.1 Å². The fourth-order valence-electron chi connectivity index (χ4n) is 6.05. The molecule has 2 aliphatic heterocycles. The van der Waals surface area contributed by atoms with E-state index in [0.717, 1.165) is 0 Å². The summed E-state index contributed by atoms with van der Waals surface area (Å²) in [7, 11) is 0. The Labute approximate surface area is 257 Å². The molecule has 9 heteroatoms. The molecule has 0 saturated heterocycles. The maximum Gasteiger partial charge on any atom is 0.346 e. The van der Waals surface area contributed by atoms with Crippen LogP contribution < -0.4 is 20.5 Å². The lowest BCUT2D eigenvalue weighted by Crippen LogP contribution is -2.55. The molecule has 5 aromatic carbocycles. The number of hydrogen-bond acceptors (Lipinski definition) is 7. The predicted octanol–water partition coefficient (Wildman–Crippen LogP) is 5.64. The van der Waals surface area contributed by atoms with Crippen LogP contribution in [0.4, 0.5) is 0 Å². The van der Waals surface area contributed by atoms with E-state index in [1.165, 1.54) is 12.1 Å². The van der Waals surface area contributed by atoms with Crippen molar-refractivity contribution in [1.82, 2.24) is 5.32 Å². The summed E-state index contributed by atoms with van der Waals surface area (Å²) in [4.78, 5) is 27.4. The van der Waals surface area contributed by atoms with Crippen LogP contribution in [0.5, 0.6) is 23.0 Å². The number of esters is 2. The highest BCUT2D eigenvalue weighted by molar-refractivity contribution is 7.80. The Bertz CT molecular complexity index is 1920. The minimum absolute atomic E-state index is 0.0260. The third-order valence-corrected chi connectivity index (χ3v) is 8.01. The quantitative estimate of drug-likeness (QED) is 0.134. The normalized spacial score (nSPS) is 16.1. The summed E-state index contributed by atoms with van der Waals surface area (Å²) in [6.45, 7) is 0. The number of ether oxygens (including phenoxy) is 3. The van der Waals surface area contributed by atoms with Gasteiger partial charge in [0.25, 0.3) is 0 Å². The van der Waals surface area contributed by atoms with Crippen molar-refractivity contribution in [2.24, 2.45) is 5.73 Å². The van der Waals surface area contributed by atoms with Gasteiger partial charge in [-0.2, -0.15) is 0 Å². The van der Waals surface area contributed by atoms with E-state index in [2.05, 4.69) is 5.32 Å². The fourth-order valence-corrected chi connectivity index (χ4v) is 6.20. The van der Waals surface area contributed by atoms with E-state index in [9.17, 15) is 14.7 Å². The Hall–Kier alpha value is -5.67. The second-order valence-corrected chi connectivity index (χ2v) is 10.9. The Balaban J connectivity index is 1.35. The second-order valence-electron chi connectivity index (χ2n) is 10.4. The Morgan fingerprint density at radius 3 is 2.05 bits per heavy atom. The average molecular weight is 601 g/mol. The highest BCUT2D eigenvalue weighted by atomic mass is 32.1. The van der Waals surface area contributed by atoms with Gasteiger partial charge in [0.05, 0.1) is 5.56 Å². The summed E-state index contributed by atoms with van der Waals surface area (Å²) in [5.74, 6) is -0.465. The third-order valence-electron chi connectivity index (χ3n) is 7.91. The Kier molecular flexibility index (Phi) is 6.33. The summed E-state index contributed by atoms with van der Waals surface area (Å²) in [5.41, 5.74) is 6.35. The number of phenolic OH excluding ortho intramolecular Hbond substituents is 1. The van der Waals surface area contributed by atoms with Crippen LogP contribution in [0.1, 0.15) is 38.2 Å². The molecule has 0 amide bonds. The van der Waals surface area contributed by atoms with E-state index in [4.69, 9.17) is 32.2 Å². The van der Waals surface area contributed by atoms with Gasteiger partial charge in [-0.1, -0.05) is 78.9 Å². The monoisotopic (exact) mass is 600 g/mol. The summed E-state index contributed by atoms with van der Waals surface area (Å²) < 4.78 is 18.4. The van der Waals surface area contributed by atoms with Crippen LogP contribution in [0.25, 0.3) is 0 Å². The number of carbonyl (C=O) groups is 2. The number of fused-ring (bicyclic) bond motifs is 6. The number of rotatable bonds is 5. The summed E-state index contributed by atoms with van der Waals surface area (Å²) in [6.07, 6.45) is 0. The minimum Gasteiger partial charge on any atom is -0.508 e. The number of nitrogens with one attached hydrogen (secondary N) is 1. The van der Waals surface area contributed by atoms with Gasteiger partial charge in [0.1, 0.15) is 23.0 Å². The van der Waals surface area contributed by atoms with Gasteiger partial charge in [-0.25, -0.2) is 9.59 Å². The van der Waals surface area contributed by atoms with Crippen LogP contribution in [-0.4, -0.2) is 22.2 Å². The van der Waals surface area contributed by atoms with Crippen LogP contribution in [0.2, 0.25) is 0 Å². The number of thiocarbonyl (C=S) groups is 1. The predicted molar refractivity (Wildman–Crippen MR) is 166 cm³/mol. The zero-order valence-electron chi connectivity index (χ0n) is 23.0. The molecule has 1 spiro atoms. The van der Waals surface area contributed by atoms with Crippen molar-refractivity contribution in [3.63, 3.8) is 0 Å². The number of aromatic hydroxyl groups is 1. The van der Waals surface area contributed by atoms with Gasteiger partial charge in [0.15, 0.2) is 16.3 Å². The van der Waals surface area contributed by atoms with Gasteiger partial charge in [-0.05, 0) is 53.7 Å². The van der Waals surface area contributed by atoms with E-state index in [1.54, 1.807) is 84.9 Å². The molecule has 1 unspecified atom stereocenters. The SMILES string of the molecule is NC(=S)NC(C(=O)Oc1ccc2c(c1)Oc1cc(O)ccc1C21OC(=O)c2ccccc21)(c1ccccc1)c1ccccc1. The first kappa shape index (κ1) is 27.2. The van der Waals surface area contributed by atoms with E-state index in [1.807, 2.05) is 24.3 Å². The summed E-state index contributed by atoms with van der Waals surface area (Å²) in [6, 6.07) is 34.7. The molecule has 1 atom stereocenters. The molecule has 2 aliphatic rings. The molecule has 0 fully saturated rings. The van der Waals surface area contributed by atoms with Gasteiger partial charge in [0, 0.05) is 28.8 Å². The number of nitrogens with two attached hydrogens (primary N) is 1. The Morgan fingerprint density at radius 2 is 1.39 bits per heavy atom. The molecule has 8 nitrogen and oxygen atoms in total. The maximum absolute atomic E-state index is 14.3. The highest BCUT2D eigenvalue weighted by Crippen LogP contribution is 2.57. The van der Waals surface area contributed by atoms with Crippen LogP contribution in [0.3, 0.4) is 0 Å². The fraction of sp³-hybridized carbons (Fsp3) is 0.0571. The van der Waals surface area contributed by atoms with Crippen LogP contribution >= 0.6 is 12.2 Å². The first-order valence-electron chi connectivity index (χ1n) is 13.7. The van der Waals surface area contributed by atoms with Gasteiger partial charge in [-0.3, -0.25) is 0 Å². The van der Waals surface area contributed by atoms with Crippen molar-refractivity contribution < 1.29 is 28.9 Å². The van der Waals surface area contributed by atoms with E-state index in [-0.39, 0.29) is 22.4 Å². The maximum atomic E-state index is 14.3. The second kappa shape index (κ2) is 10.3. The zero-order chi connectivity index (χ0) is 30.5. The van der Waals surface area contributed by atoms with Crippen LogP contribution in [0.15, 0.2) is 121 Å². The number of hydrogen-bond donors (Lipinski definition) is 3. The molecule has 4 N–H and O–H groups in total. The molecule has 0 bridgehead atoms. The van der Waals surface area contributed by atoms with Crippen molar-refractivity contribution in [2.75, 3.05) is 0 Å². The first-order chi connectivity index (χ1) is 21.3. The molecule has 0 aromatic heterocycles. The van der Waals surface area contributed by atoms with Crippen LogP contribution in [-0.2, 0) is 20.7 Å². The molecule has 0 radical (unpaired) electrons. The highest BCUT2D eigenvalue weighted by Gasteiger charge is 2.53. The average Bonchev–Trinajstić information content (AvgIpc) is 3.32. The minimum atomic E-state index is -1.58. The smallest absolute Gasteiger partial charge is 0.346 e. The van der Waals surface area contributed by atoms with E-state index < -0.39 is 23.1 Å². The van der Waals surface area contributed by atoms with Gasteiger partial charge < -0.3 is 30.4 Å². The lowest BCUT2D eigenvalue weighted by atomic mass is 9.77. The standard InChI is InChI=1S/C35H24N2O6S/c36-33(44)37-34(21-9-3-1-4-10-21,22-11-5-2-6-12-22)32(40)41-24-16-18-28-30(20-24)42-29-19-23(38)15-17-27(29)35(28)26-14-8-7-13-25(26)31(39)43-35/h1-20,38H,(H3,36,37,44). The topological polar surface area (TPSA) is 120 Å². The van der Waals surface area contributed by atoms with Gasteiger partial charge in [-0.15, -0.1) is 0 Å². The molecular weight excluding hydrogens is 576 g/mol. The molecule has 2 heterocycles. The molecule has 5 aromatic rings. The van der Waals surface area contributed by atoms with Gasteiger partial charge in [0.2, 0.25) is 0 Å². The van der Waals surface area contributed by atoms with Crippen molar-refractivity contribution in [1.29, 1.82) is 0 Å². The molecule has 0 saturated carbocycles. The number of phenols is 1. The number of carbonyl (C=O) groups excluding carboxylic acids is 2. The third kappa shape index (κ3) is 4.09. The van der Waals surface area contributed by atoms with Crippen molar-refractivity contribution in [3.8, 4) is 23.0 Å². The molecule has 216 valence electrons. The van der Waals surface area contributed by atoms with Crippen molar-refractivity contribution in [2.45, 2.75) is 11.1 Å². The molecule has 44 heavy (non-hydrogen) atoms. The van der Waals surface area contributed by atoms with Crippen molar-refractivity contribution in [3.05, 3.63) is 155 Å². The zero-order valence-corrected chi connectivity index (χ0v) is 23.8. The van der Waals surface area contributed by atoms with Crippen LogP contribution in [0, 0.1) is 0 Å². The molecular formula is C35H24N2O6S. The Morgan fingerprint density at radius 1 is 0.795 bits per heavy atom. The van der Waals surface area contributed by atoms with E-state index >= 15 is 0 Å². The lowest BCUT2D eigenvalue weighted by molar-refractivity contribution is -0.140. The van der Waals surface area contributed by atoms with Gasteiger partial charge >= 0.3 is 11.9 Å². The lowest BCUT2D eigenvalue weighted by Gasteiger charge is -2.37. The van der Waals surface area contributed by atoms with Crippen molar-refractivity contribution >= 4 is 29.3 Å². The molecule has 7 rings (SSSR count). The largest absolute Gasteiger partial charge is 0.508 e.